The number of hydrogen-bond donors (Lipinski definition) is 3. The summed E-state index contributed by atoms with van der Waals surface area (Å²) in [6.07, 6.45) is 5.10. The highest BCUT2D eigenvalue weighted by Crippen LogP contribution is 2.24. The maximum Gasteiger partial charge on any atom is 0.320 e. The number of nitrogens with one attached hydrogen (secondary N) is 1. The second kappa shape index (κ2) is 5.90. The van der Waals surface area contributed by atoms with Gasteiger partial charge in [-0.25, -0.2) is 0 Å². The van der Waals surface area contributed by atoms with Gasteiger partial charge in [0.25, 0.3) is 0 Å². The third kappa shape index (κ3) is 4.26. The van der Waals surface area contributed by atoms with E-state index in [1.807, 2.05) is 19.1 Å². The second-order valence-electron chi connectivity index (χ2n) is 4.26. The Morgan fingerprint density at radius 3 is 2.88 bits per heavy atom. The molecule has 1 aliphatic rings. The zero-order valence-corrected chi connectivity index (χ0v) is 9.96. The molecular formula is C11H18N2O4. The van der Waals surface area contributed by atoms with Gasteiger partial charge < -0.3 is 14.9 Å². The number of allylic oxidation sites excluding steroid dienone is 1. The van der Waals surface area contributed by atoms with Gasteiger partial charge in [0.1, 0.15) is 6.04 Å². The minimum atomic E-state index is -1.29. The largest absolute Gasteiger partial charge is 0.480 e. The lowest BCUT2D eigenvalue weighted by molar-refractivity contribution is -0.148. The van der Waals surface area contributed by atoms with Gasteiger partial charge in [0, 0.05) is 13.3 Å². The average molecular weight is 242 g/mol. The van der Waals surface area contributed by atoms with Gasteiger partial charge >= 0.3 is 5.97 Å². The molecule has 1 rings (SSSR count). The molecule has 0 amide bonds. The first kappa shape index (κ1) is 13.8. The Labute approximate surface area is 100 Å². The lowest BCUT2D eigenvalue weighted by Crippen LogP contribution is -2.48. The number of aliphatic carboxylic acids is 1. The Bertz CT molecular complexity index is 329. The van der Waals surface area contributed by atoms with Crippen LogP contribution in [0.5, 0.6) is 0 Å². The van der Waals surface area contributed by atoms with Gasteiger partial charge in [-0.15, -0.1) is 0 Å². The molecule has 0 aromatic rings. The molecule has 6 nitrogen and oxygen atoms in total. The van der Waals surface area contributed by atoms with E-state index in [1.165, 1.54) is 7.11 Å². The van der Waals surface area contributed by atoms with E-state index >= 15 is 0 Å². The van der Waals surface area contributed by atoms with Crippen LogP contribution in [-0.4, -0.2) is 47.5 Å². The molecule has 3 atom stereocenters. The molecule has 0 saturated heterocycles. The monoisotopic (exact) mass is 242 g/mol. The van der Waals surface area contributed by atoms with Gasteiger partial charge in [-0.2, -0.15) is 0 Å². The maximum absolute atomic E-state index is 11.1. The molecule has 0 spiro atoms. The molecule has 0 saturated carbocycles. The number of rotatable bonds is 6. The number of aliphatic imine (C=N–C) groups is 1. The summed E-state index contributed by atoms with van der Waals surface area (Å²) in [7, 11) is 1.29. The summed E-state index contributed by atoms with van der Waals surface area (Å²) in [6, 6.07) is -0.904. The van der Waals surface area contributed by atoms with E-state index in [9.17, 15) is 9.90 Å². The van der Waals surface area contributed by atoms with Crippen molar-refractivity contribution in [1.82, 2.24) is 5.32 Å². The van der Waals surface area contributed by atoms with Crippen LogP contribution in [0.3, 0.4) is 0 Å². The molecule has 1 heterocycles. The van der Waals surface area contributed by atoms with E-state index in [0.29, 0.717) is 6.42 Å². The van der Waals surface area contributed by atoms with E-state index in [2.05, 4.69) is 15.0 Å². The normalized spacial score (nSPS) is 26.8. The van der Waals surface area contributed by atoms with Crippen LogP contribution in [0, 0.1) is 0 Å². The van der Waals surface area contributed by atoms with Crippen LogP contribution >= 0.6 is 0 Å². The van der Waals surface area contributed by atoms with Crippen molar-refractivity contribution in [3.63, 3.8) is 0 Å². The Balaban J connectivity index is 2.63. The summed E-state index contributed by atoms with van der Waals surface area (Å²) in [4.78, 5) is 15.3. The van der Waals surface area contributed by atoms with Crippen molar-refractivity contribution >= 4 is 12.2 Å². The molecule has 17 heavy (non-hydrogen) atoms. The molecule has 6 heteroatoms. The van der Waals surface area contributed by atoms with E-state index < -0.39 is 24.0 Å². The Kier molecular flexibility index (Phi) is 4.80. The van der Waals surface area contributed by atoms with Crippen LogP contribution in [0.25, 0.3) is 0 Å². The number of nitrogens with zero attached hydrogens (tertiary/aromatic N) is 1. The van der Waals surface area contributed by atoms with E-state index in [1.54, 1.807) is 6.21 Å². The first-order chi connectivity index (χ1) is 7.97. The summed E-state index contributed by atoms with van der Waals surface area (Å²) in [5.74, 6) is -1.04. The number of dihydropyridines is 1. The Morgan fingerprint density at radius 1 is 1.71 bits per heavy atom. The van der Waals surface area contributed by atoms with E-state index in [-0.39, 0.29) is 6.42 Å². The fourth-order valence-corrected chi connectivity index (χ4v) is 1.69. The highest BCUT2D eigenvalue weighted by atomic mass is 16.6. The summed E-state index contributed by atoms with van der Waals surface area (Å²) < 4.78 is 4.58. The third-order valence-electron chi connectivity index (χ3n) is 2.67. The second-order valence-corrected chi connectivity index (χ2v) is 4.26. The Morgan fingerprint density at radius 2 is 2.41 bits per heavy atom. The molecule has 0 aromatic carbocycles. The van der Waals surface area contributed by atoms with Crippen LogP contribution < -0.4 is 5.32 Å². The van der Waals surface area contributed by atoms with Gasteiger partial charge in [0.2, 0.25) is 6.41 Å². The van der Waals surface area contributed by atoms with Crippen molar-refractivity contribution in [3.8, 4) is 0 Å². The van der Waals surface area contributed by atoms with Crippen molar-refractivity contribution in [2.45, 2.75) is 37.8 Å². The predicted molar refractivity (Wildman–Crippen MR) is 62.8 cm³/mol. The number of carboxylic acids is 1. The lowest BCUT2D eigenvalue weighted by Gasteiger charge is -2.29. The van der Waals surface area contributed by atoms with Gasteiger partial charge in [-0.1, -0.05) is 6.08 Å². The molecule has 0 radical (unpaired) electrons. The number of ether oxygens (including phenoxy) is 1. The topological polar surface area (TPSA) is 91.2 Å². The zero-order valence-electron chi connectivity index (χ0n) is 9.96. The lowest BCUT2D eigenvalue weighted by atomic mass is 9.89. The summed E-state index contributed by atoms with van der Waals surface area (Å²) in [5, 5.41) is 20.8. The molecule has 0 fully saturated rings. The minimum absolute atomic E-state index is 0.281. The third-order valence-corrected chi connectivity index (χ3v) is 2.67. The van der Waals surface area contributed by atoms with Gasteiger partial charge in [-0.05, 0) is 25.8 Å². The van der Waals surface area contributed by atoms with Gasteiger partial charge in [0.15, 0.2) is 0 Å². The summed E-state index contributed by atoms with van der Waals surface area (Å²) in [5.41, 5.74) is -0.460. The van der Waals surface area contributed by atoms with E-state index in [4.69, 9.17) is 5.11 Å². The molecule has 1 aliphatic heterocycles. The van der Waals surface area contributed by atoms with Crippen LogP contribution in [0.2, 0.25) is 0 Å². The molecule has 0 aromatic heterocycles. The summed E-state index contributed by atoms with van der Waals surface area (Å²) >= 11 is 0. The van der Waals surface area contributed by atoms with Crippen molar-refractivity contribution in [1.29, 1.82) is 0 Å². The molecule has 0 bridgehead atoms. The van der Waals surface area contributed by atoms with Crippen molar-refractivity contribution < 1.29 is 19.7 Å². The number of aliphatic hydroxyl groups is 1. The average Bonchev–Trinajstić information content (AvgIpc) is 2.28. The highest BCUT2D eigenvalue weighted by Gasteiger charge is 2.31. The molecule has 0 aliphatic carbocycles. The van der Waals surface area contributed by atoms with Crippen LogP contribution in [-0.2, 0) is 9.53 Å². The number of hydrogen-bond acceptors (Lipinski definition) is 5. The number of aliphatic hydroxyl groups excluding tert-OH is 1. The summed E-state index contributed by atoms with van der Waals surface area (Å²) in [6.45, 7) is 1.88. The smallest absolute Gasteiger partial charge is 0.320 e. The molecular weight excluding hydrogens is 224 g/mol. The van der Waals surface area contributed by atoms with Crippen molar-refractivity contribution in [2.24, 2.45) is 4.99 Å². The number of carbonyl (C=O) groups is 1. The van der Waals surface area contributed by atoms with Crippen molar-refractivity contribution in [3.05, 3.63) is 12.2 Å². The fourth-order valence-electron chi connectivity index (χ4n) is 1.69. The predicted octanol–water partition coefficient (Wildman–Crippen LogP) is 0.131. The Hall–Kier alpha value is -1.24. The molecule has 3 unspecified atom stereocenters. The van der Waals surface area contributed by atoms with Crippen LogP contribution in [0.15, 0.2) is 17.1 Å². The zero-order chi connectivity index (χ0) is 12.9. The number of methoxy groups -OCH3 is 1. The first-order valence-electron chi connectivity index (χ1n) is 5.37. The quantitative estimate of drug-likeness (QED) is 0.576. The van der Waals surface area contributed by atoms with Gasteiger partial charge in [0.05, 0.1) is 5.54 Å². The molecule has 3 N–H and O–H groups in total. The maximum atomic E-state index is 11.1. The molecule has 96 valence electrons. The SMILES string of the molecule is COC(O)NC(CC1(C)CC=CC=N1)C(=O)O. The highest BCUT2D eigenvalue weighted by molar-refractivity contribution is 5.75. The van der Waals surface area contributed by atoms with E-state index in [0.717, 1.165) is 0 Å². The van der Waals surface area contributed by atoms with Crippen LogP contribution in [0.1, 0.15) is 19.8 Å². The van der Waals surface area contributed by atoms with Crippen molar-refractivity contribution in [2.75, 3.05) is 7.11 Å². The van der Waals surface area contributed by atoms with Gasteiger partial charge in [-0.3, -0.25) is 15.1 Å². The standard InChI is InChI=1S/C11H18N2O4/c1-11(5-3-4-6-12-11)7-8(9(14)15)13-10(16)17-2/h3-4,6,8,10,13,16H,5,7H2,1-2H3,(H,14,15). The number of carboxylic acid groups (broad SMARTS) is 1. The minimum Gasteiger partial charge on any atom is -0.480 e. The van der Waals surface area contributed by atoms with Crippen LogP contribution in [0.4, 0.5) is 0 Å². The first-order valence-corrected chi connectivity index (χ1v) is 5.37. The fraction of sp³-hybridized carbons (Fsp3) is 0.636.